The summed E-state index contributed by atoms with van der Waals surface area (Å²) in [7, 11) is 1.34. The molecular weight excluding hydrogens is 234 g/mol. The van der Waals surface area contributed by atoms with Crippen LogP contribution in [0.5, 0.6) is 0 Å². The standard InChI is InChI=1S/C11H19N5O2/c1-6(2)8-9(13-5-14-10(8)16-12)15-7(3)11(17)18-4/h5-7H,12H2,1-4H3,(H2,13,14,15,16). The number of anilines is 2. The van der Waals surface area contributed by atoms with E-state index in [9.17, 15) is 4.79 Å². The van der Waals surface area contributed by atoms with Crippen LogP contribution < -0.4 is 16.6 Å². The second-order valence-corrected chi connectivity index (χ2v) is 4.17. The minimum Gasteiger partial charge on any atom is -0.467 e. The van der Waals surface area contributed by atoms with Crippen LogP contribution in [0.2, 0.25) is 0 Å². The normalized spacial score (nSPS) is 12.1. The molecule has 0 aliphatic carbocycles. The van der Waals surface area contributed by atoms with Gasteiger partial charge in [0.05, 0.1) is 7.11 Å². The van der Waals surface area contributed by atoms with Crippen molar-refractivity contribution in [3.05, 3.63) is 11.9 Å². The van der Waals surface area contributed by atoms with E-state index in [2.05, 4.69) is 25.4 Å². The number of aromatic nitrogens is 2. The number of nitrogen functional groups attached to an aromatic ring is 1. The third kappa shape index (κ3) is 3.07. The monoisotopic (exact) mass is 253 g/mol. The number of rotatable bonds is 5. The molecule has 1 aromatic rings. The smallest absolute Gasteiger partial charge is 0.328 e. The number of esters is 1. The van der Waals surface area contributed by atoms with Crippen molar-refractivity contribution in [1.82, 2.24) is 9.97 Å². The van der Waals surface area contributed by atoms with Crippen LogP contribution >= 0.6 is 0 Å². The van der Waals surface area contributed by atoms with E-state index in [1.807, 2.05) is 13.8 Å². The average molecular weight is 253 g/mol. The zero-order valence-corrected chi connectivity index (χ0v) is 11.0. The van der Waals surface area contributed by atoms with Gasteiger partial charge in [0, 0.05) is 5.56 Å². The first-order valence-corrected chi connectivity index (χ1v) is 5.67. The van der Waals surface area contributed by atoms with Crippen molar-refractivity contribution in [2.24, 2.45) is 5.84 Å². The SMILES string of the molecule is COC(=O)C(C)Nc1ncnc(NN)c1C(C)C. The van der Waals surface area contributed by atoms with Crippen LogP contribution in [0, 0.1) is 0 Å². The zero-order valence-electron chi connectivity index (χ0n) is 11.0. The lowest BCUT2D eigenvalue weighted by Gasteiger charge is -2.18. The molecular formula is C11H19N5O2. The molecule has 0 aliphatic heterocycles. The van der Waals surface area contributed by atoms with Crippen molar-refractivity contribution < 1.29 is 9.53 Å². The maximum atomic E-state index is 11.4. The van der Waals surface area contributed by atoms with Gasteiger partial charge in [-0.1, -0.05) is 13.8 Å². The third-order valence-corrected chi connectivity index (χ3v) is 2.51. The van der Waals surface area contributed by atoms with Crippen LogP contribution in [0.15, 0.2) is 6.33 Å². The number of hydrazine groups is 1. The predicted molar refractivity (Wildman–Crippen MR) is 69.0 cm³/mol. The van der Waals surface area contributed by atoms with Gasteiger partial charge in [-0.2, -0.15) is 0 Å². The second-order valence-electron chi connectivity index (χ2n) is 4.17. The molecule has 0 aliphatic rings. The number of hydrogen-bond acceptors (Lipinski definition) is 7. The summed E-state index contributed by atoms with van der Waals surface area (Å²) in [5.41, 5.74) is 3.36. The van der Waals surface area contributed by atoms with E-state index in [0.29, 0.717) is 11.6 Å². The molecule has 1 atom stereocenters. The highest BCUT2D eigenvalue weighted by Gasteiger charge is 2.19. The van der Waals surface area contributed by atoms with Crippen molar-refractivity contribution in [3.63, 3.8) is 0 Å². The molecule has 7 nitrogen and oxygen atoms in total. The van der Waals surface area contributed by atoms with Gasteiger partial charge < -0.3 is 15.5 Å². The molecule has 0 bridgehead atoms. The fourth-order valence-electron chi connectivity index (χ4n) is 1.61. The summed E-state index contributed by atoms with van der Waals surface area (Å²) in [6.07, 6.45) is 1.38. The van der Waals surface area contributed by atoms with E-state index in [0.717, 1.165) is 5.56 Å². The van der Waals surface area contributed by atoms with Gasteiger partial charge in [-0.25, -0.2) is 20.6 Å². The maximum absolute atomic E-state index is 11.4. The molecule has 0 fully saturated rings. The van der Waals surface area contributed by atoms with E-state index >= 15 is 0 Å². The van der Waals surface area contributed by atoms with Crippen molar-refractivity contribution in [2.75, 3.05) is 17.9 Å². The van der Waals surface area contributed by atoms with Crippen molar-refractivity contribution in [2.45, 2.75) is 32.7 Å². The number of nitrogens with two attached hydrogens (primary N) is 1. The van der Waals surface area contributed by atoms with Gasteiger partial charge in [0.1, 0.15) is 24.0 Å². The largest absolute Gasteiger partial charge is 0.467 e. The minimum absolute atomic E-state index is 0.157. The third-order valence-electron chi connectivity index (χ3n) is 2.51. The molecule has 0 spiro atoms. The van der Waals surface area contributed by atoms with Gasteiger partial charge in [-0.3, -0.25) is 0 Å². The van der Waals surface area contributed by atoms with Gasteiger partial charge in [0.2, 0.25) is 0 Å². The second kappa shape index (κ2) is 6.15. The molecule has 0 aromatic carbocycles. The number of nitrogens with zero attached hydrogens (tertiary/aromatic N) is 2. The van der Waals surface area contributed by atoms with E-state index < -0.39 is 6.04 Å². The van der Waals surface area contributed by atoms with Crippen LogP contribution in [0.3, 0.4) is 0 Å². The molecule has 100 valence electrons. The molecule has 7 heteroatoms. The van der Waals surface area contributed by atoms with Gasteiger partial charge in [0.25, 0.3) is 0 Å². The number of ether oxygens (including phenoxy) is 1. The molecule has 0 radical (unpaired) electrons. The lowest BCUT2D eigenvalue weighted by Crippen LogP contribution is -2.28. The Bertz CT molecular complexity index is 422. The van der Waals surface area contributed by atoms with E-state index in [4.69, 9.17) is 5.84 Å². The summed E-state index contributed by atoms with van der Waals surface area (Å²) in [6.45, 7) is 5.69. The first-order valence-electron chi connectivity index (χ1n) is 5.67. The van der Waals surface area contributed by atoms with Gasteiger partial charge in [-0.05, 0) is 12.8 Å². The molecule has 0 saturated carbocycles. The first-order chi connectivity index (χ1) is 8.51. The van der Waals surface area contributed by atoms with Crippen LogP contribution in [0.25, 0.3) is 0 Å². The topological polar surface area (TPSA) is 102 Å². The minimum atomic E-state index is -0.493. The molecule has 1 unspecified atom stereocenters. The molecule has 18 heavy (non-hydrogen) atoms. The highest BCUT2D eigenvalue weighted by atomic mass is 16.5. The lowest BCUT2D eigenvalue weighted by molar-refractivity contribution is -0.141. The van der Waals surface area contributed by atoms with Crippen molar-refractivity contribution >= 4 is 17.6 Å². The highest BCUT2D eigenvalue weighted by molar-refractivity contribution is 5.79. The van der Waals surface area contributed by atoms with E-state index in [1.165, 1.54) is 13.4 Å². The number of hydrogen-bond donors (Lipinski definition) is 3. The van der Waals surface area contributed by atoms with Gasteiger partial charge in [-0.15, -0.1) is 0 Å². The first kappa shape index (κ1) is 14.2. The Balaban J connectivity index is 3.05. The summed E-state index contributed by atoms with van der Waals surface area (Å²) in [4.78, 5) is 19.6. The van der Waals surface area contributed by atoms with Crippen LogP contribution in [0.4, 0.5) is 11.6 Å². The van der Waals surface area contributed by atoms with Crippen LogP contribution in [-0.4, -0.2) is 29.1 Å². The van der Waals surface area contributed by atoms with E-state index in [-0.39, 0.29) is 11.9 Å². The Morgan fingerprint density at radius 3 is 2.44 bits per heavy atom. The Kier molecular flexibility index (Phi) is 4.85. The average Bonchev–Trinajstić information content (AvgIpc) is 2.36. The number of carbonyl (C=O) groups is 1. The van der Waals surface area contributed by atoms with Gasteiger partial charge in [0.15, 0.2) is 0 Å². The number of methoxy groups -OCH3 is 1. The summed E-state index contributed by atoms with van der Waals surface area (Å²) in [5, 5.41) is 3.00. The predicted octanol–water partition coefficient (Wildman–Crippen LogP) is 0.859. The highest BCUT2D eigenvalue weighted by Crippen LogP contribution is 2.28. The molecule has 0 amide bonds. The quantitative estimate of drug-likeness (QED) is 0.406. The summed E-state index contributed by atoms with van der Waals surface area (Å²) in [5.74, 6) is 6.33. The molecule has 4 N–H and O–H groups in total. The Labute approximate surface area is 106 Å². The fraction of sp³-hybridized carbons (Fsp3) is 0.545. The Hall–Kier alpha value is -1.89. The summed E-state index contributed by atoms with van der Waals surface area (Å²) >= 11 is 0. The summed E-state index contributed by atoms with van der Waals surface area (Å²) < 4.78 is 4.66. The molecule has 0 saturated heterocycles. The van der Waals surface area contributed by atoms with Crippen molar-refractivity contribution in [1.29, 1.82) is 0 Å². The number of nitrogens with one attached hydrogen (secondary N) is 2. The lowest BCUT2D eigenvalue weighted by atomic mass is 10.0. The molecule has 1 aromatic heterocycles. The Morgan fingerprint density at radius 1 is 1.33 bits per heavy atom. The van der Waals surface area contributed by atoms with Crippen molar-refractivity contribution in [3.8, 4) is 0 Å². The zero-order chi connectivity index (χ0) is 13.7. The molecule has 1 heterocycles. The fourth-order valence-corrected chi connectivity index (χ4v) is 1.61. The van der Waals surface area contributed by atoms with Crippen LogP contribution in [-0.2, 0) is 9.53 Å². The number of carbonyl (C=O) groups excluding carboxylic acids is 1. The van der Waals surface area contributed by atoms with Crippen LogP contribution in [0.1, 0.15) is 32.3 Å². The molecule has 1 rings (SSSR count). The summed E-state index contributed by atoms with van der Waals surface area (Å²) in [6, 6.07) is -0.493. The maximum Gasteiger partial charge on any atom is 0.328 e. The van der Waals surface area contributed by atoms with E-state index in [1.54, 1.807) is 6.92 Å². The van der Waals surface area contributed by atoms with Gasteiger partial charge >= 0.3 is 5.97 Å². The Morgan fingerprint density at radius 2 is 1.94 bits per heavy atom.